The SMILES string of the molecule is COc1ccc(NN)c(C(F)(F)F)c1.Cl.Cl. The summed E-state index contributed by atoms with van der Waals surface area (Å²) in [4.78, 5) is 0. The van der Waals surface area contributed by atoms with Gasteiger partial charge in [0.05, 0.1) is 18.4 Å². The Morgan fingerprint density at radius 3 is 2.19 bits per heavy atom. The summed E-state index contributed by atoms with van der Waals surface area (Å²) < 4.78 is 41.9. The molecule has 16 heavy (non-hydrogen) atoms. The molecule has 0 bridgehead atoms. The van der Waals surface area contributed by atoms with E-state index in [-0.39, 0.29) is 36.3 Å². The van der Waals surface area contributed by atoms with E-state index in [2.05, 4.69) is 4.74 Å². The molecule has 0 saturated carbocycles. The molecule has 1 aromatic rings. The van der Waals surface area contributed by atoms with Gasteiger partial charge in [0.15, 0.2) is 0 Å². The van der Waals surface area contributed by atoms with Gasteiger partial charge in [-0.2, -0.15) is 13.2 Å². The molecular weight excluding hydrogens is 268 g/mol. The Bertz CT molecular complexity index is 334. The number of benzene rings is 1. The average Bonchev–Trinajstić information content (AvgIpc) is 2.15. The molecule has 3 N–H and O–H groups in total. The number of hydrogen-bond donors (Lipinski definition) is 2. The van der Waals surface area contributed by atoms with Gasteiger partial charge in [-0.25, -0.2) is 0 Å². The molecule has 0 spiro atoms. The summed E-state index contributed by atoms with van der Waals surface area (Å²) in [5, 5.41) is 0. The summed E-state index contributed by atoms with van der Waals surface area (Å²) in [7, 11) is 1.30. The van der Waals surface area contributed by atoms with Crippen molar-refractivity contribution in [2.24, 2.45) is 5.84 Å². The highest BCUT2D eigenvalue weighted by molar-refractivity contribution is 5.85. The van der Waals surface area contributed by atoms with Crippen molar-refractivity contribution in [3.05, 3.63) is 23.8 Å². The number of nitrogen functional groups attached to an aromatic ring is 1. The predicted molar refractivity (Wildman–Crippen MR) is 60.3 cm³/mol. The minimum absolute atomic E-state index is 0. The van der Waals surface area contributed by atoms with Gasteiger partial charge < -0.3 is 10.2 Å². The second-order valence-corrected chi connectivity index (χ2v) is 2.55. The molecule has 0 fully saturated rings. The molecule has 0 atom stereocenters. The van der Waals surface area contributed by atoms with Crippen molar-refractivity contribution in [2.75, 3.05) is 12.5 Å². The summed E-state index contributed by atoms with van der Waals surface area (Å²) >= 11 is 0. The Morgan fingerprint density at radius 2 is 1.81 bits per heavy atom. The fourth-order valence-electron chi connectivity index (χ4n) is 1.01. The first kappa shape index (κ1) is 17.5. The maximum atomic E-state index is 12.4. The molecule has 0 amide bonds. The van der Waals surface area contributed by atoms with Crippen LogP contribution >= 0.6 is 24.8 Å². The summed E-state index contributed by atoms with van der Waals surface area (Å²) in [5.41, 5.74) is 0.948. The lowest BCUT2D eigenvalue weighted by Crippen LogP contribution is -2.14. The fraction of sp³-hybridized carbons (Fsp3) is 0.250. The van der Waals surface area contributed by atoms with Crippen LogP contribution in [0.1, 0.15) is 5.56 Å². The van der Waals surface area contributed by atoms with E-state index in [0.29, 0.717) is 0 Å². The number of methoxy groups -OCH3 is 1. The molecule has 8 heteroatoms. The van der Waals surface area contributed by atoms with E-state index in [0.717, 1.165) is 6.07 Å². The minimum Gasteiger partial charge on any atom is -0.497 e. The van der Waals surface area contributed by atoms with E-state index >= 15 is 0 Å². The molecular formula is C8H11Cl2F3N2O. The van der Waals surface area contributed by atoms with Crippen LogP contribution in [0.5, 0.6) is 5.75 Å². The lowest BCUT2D eigenvalue weighted by atomic mass is 10.1. The smallest absolute Gasteiger partial charge is 0.418 e. The number of rotatable bonds is 2. The molecule has 0 heterocycles. The van der Waals surface area contributed by atoms with Crippen molar-refractivity contribution in [1.29, 1.82) is 0 Å². The molecule has 3 nitrogen and oxygen atoms in total. The first-order chi connectivity index (χ1) is 6.49. The van der Waals surface area contributed by atoms with Crippen LogP contribution in [0.3, 0.4) is 0 Å². The van der Waals surface area contributed by atoms with Gasteiger partial charge in [0.25, 0.3) is 0 Å². The van der Waals surface area contributed by atoms with Gasteiger partial charge in [-0.1, -0.05) is 0 Å². The number of alkyl halides is 3. The second-order valence-electron chi connectivity index (χ2n) is 2.55. The van der Waals surface area contributed by atoms with Gasteiger partial charge in [0, 0.05) is 0 Å². The Balaban J connectivity index is 0. The van der Waals surface area contributed by atoms with Crippen molar-refractivity contribution in [1.82, 2.24) is 0 Å². The van der Waals surface area contributed by atoms with Crippen LogP contribution in [-0.4, -0.2) is 7.11 Å². The lowest BCUT2D eigenvalue weighted by molar-refractivity contribution is -0.137. The zero-order valence-electron chi connectivity index (χ0n) is 8.17. The van der Waals surface area contributed by atoms with E-state index < -0.39 is 11.7 Å². The number of halogens is 5. The minimum atomic E-state index is -4.45. The highest BCUT2D eigenvalue weighted by atomic mass is 35.5. The molecule has 0 unspecified atom stereocenters. The molecule has 94 valence electrons. The van der Waals surface area contributed by atoms with Gasteiger partial charge >= 0.3 is 6.18 Å². The number of anilines is 1. The topological polar surface area (TPSA) is 47.3 Å². The monoisotopic (exact) mass is 278 g/mol. The van der Waals surface area contributed by atoms with Crippen LogP contribution in [0.15, 0.2) is 18.2 Å². The molecule has 0 aromatic heterocycles. The molecule has 0 radical (unpaired) electrons. The molecule has 1 rings (SSSR count). The largest absolute Gasteiger partial charge is 0.497 e. The van der Waals surface area contributed by atoms with Crippen LogP contribution < -0.4 is 16.0 Å². The normalized spacial score (nSPS) is 9.81. The van der Waals surface area contributed by atoms with E-state index in [1.165, 1.54) is 19.2 Å². The van der Waals surface area contributed by atoms with Crippen molar-refractivity contribution in [3.63, 3.8) is 0 Å². The molecule has 0 saturated heterocycles. The summed E-state index contributed by atoms with van der Waals surface area (Å²) in [5.74, 6) is 5.08. The Labute approximate surface area is 103 Å². The Hall–Kier alpha value is -0.850. The first-order valence-corrected chi connectivity index (χ1v) is 3.71. The van der Waals surface area contributed by atoms with E-state index in [4.69, 9.17) is 5.84 Å². The van der Waals surface area contributed by atoms with Gasteiger partial charge in [-0.3, -0.25) is 5.84 Å². The fourth-order valence-corrected chi connectivity index (χ4v) is 1.01. The third kappa shape index (κ3) is 3.96. The summed E-state index contributed by atoms with van der Waals surface area (Å²) in [6, 6.07) is 3.49. The number of ether oxygens (including phenoxy) is 1. The maximum Gasteiger partial charge on any atom is 0.418 e. The van der Waals surface area contributed by atoms with Gasteiger partial charge in [0.1, 0.15) is 5.75 Å². The Kier molecular flexibility index (Phi) is 7.32. The standard InChI is InChI=1S/C8H9F3N2O.2ClH/c1-14-5-2-3-7(13-12)6(4-5)8(9,10)11;;/h2-4,13H,12H2,1H3;2*1H. The number of nitrogens with two attached hydrogens (primary N) is 1. The molecule has 1 aromatic carbocycles. The van der Waals surface area contributed by atoms with Crippen molar-refractivity contribution in [2.45, 2.75) is 6.18 Å². The zero-order valence-corrected chi connectivity index (χ0v) is 9.80. The van der Waals surface area contributed by atoms with Gasteiger partial charge in [-0.05, 0) is 18.2 Å². The second kappa shape index (κ2) is 6.67. The number of hydrogen-bond acceptors (Lipinski definition) is 3. The Morgan fingerprint density at radius 1 is 1.25 bits per heavy atom. The first-order valence-electron chi connectivity index (χ1n) is 3.71. The number of hydrazine groups is 1. The van der Waals surface area contributed by atoms with Crippen LogP contribution in [0.4, 0.5) is 18.9 Å². The quantitative estimate of drug-likeness (QED) is 0.646. The van der Waals surface area contributed by atoms with Crippen molar-refractivity contribution >= 4 is 30.5 Å². The summed E-state index contributed by atoms with van der Waals surface area (Å²) in [6.45, 7) is 0. The lowest BCUT2D eigenvalue weighted by Gasteiger charge is -2.13. The zero-order chi connectivity index (χ0) is 10.8. The summed E-state index contributed by atoms with van der Waals surface area (Å²) in [6.07, 6.45) is -4.45. The highest BCUT2D eigenvalue weighted by Gasteiger charge is 2.33. The van der Waals surface area contributed by atoms with Crippen LogP contribution in [0.25, 0.3) is 0 Å². The average molecular weight is 279 g/mol. The predicted octanol–water partition coefficient (Wildman–Crippen LogP) is 2.84. The maximum absolute atomic E-state index is 12.4. The molecule has 0 aliphatic heterocycles. The molecule has 0 aliphatic rings. The van der Waals surface area contributed by atoms with E-state index in [1.54, 1.807) is 0 Å². The van der Waals surface area contributed by atoms with E-state index in [9.17, 15) is 13.2 Å². The van der Waals surface area contributed by atoms with Gasteiger partial charge in [-0.15, -0.1) is 24.8 Å². The third-order valence-corrected chi connectivity index (χ3v) is 1.69. The molecule has 0 aliphatic carbocycles. The van der Waals surface area contributed by atoms with Crippen LogP contribution in [-0.2, 0) is 6.18 Å². The van der Waals surface area contributed by atoms with Crippen molar-refractivity contribution in [3.8, 4) is 5.75 Å². The number of nitrogens with one attached hydrogen (secondary N) is 1. The van der Waals surface area contributed by atoms with E-state index in [1.807, 2.05) is 5.43 Å². The highest BCUT2D eigenvalue weighted by Crippen LogP contribution is 2.36. The van der Waals surface area contributed by atoms with Gasteiger partial charge in [0.2, 0.25) is 0 Å². The van der Waals surface area contributed by atoms with Crippen molar-refractivity contribution < 1.29 is 17.9 Å². The van der Waals surface area contributed by atoms with Crippen LogP contribution in [0, 0.1) is 0 Å². The third-order valence-electron chi connectivity index (χ3n) is 1.69. The van der Waals surface area contributed by atoms with Crippen LogP contribution in [0.2, 0.25) is 0 Å².